The lowest BCUT2D eigenvalue weighted by Gasteiger charge is -2.11. The topological polar surface area (TPSA) is 71.1 Å². The third-order valence-corrected chi connectivity index (χ3v) is 4.69. The summed E-state index contributed by atoms with van der Waals surface area (Å²) in [4.78, 5) is 29.1. The standard InChI is InChI=1S/C22H21N3O2/c26-21(16-10-11-16)23-12-13-24-22(27)18-14-20(15-6-2-1-3-7-15)25-19-9-5-4-8-17(18)19/h1-9,14,16H,10-13H2,(H,23,26)(H,24,27). The van der Waals surface area contributed by atoms with Crippen LogP contribution in [0.25, 0.3) is 22.2 Å². The molecule has 1 aliphatic carbocycles. The van der Waals surface area contributed by atoms with Gasteiger partial charge in [-0.05, 0) is 25.0 Å². The molecule has 4 rings (SSSR count). The van der Waals surface area contributed by atoms with Gasteiger partial charge in [0.2, 0.25) is 5.91 Å². The molecule has 5 heteroatoms. The van der Waals surface area contributed by atoms with E-state index in [4.69, 9.17) is 4.98 Å². The first kappa shape index (κ1) is 17.2. The van der Waals surface area contributed by atoms with Crippen LogP contribution < -0.4 is 10.6 Å². The van der Waals surface area contributed by atoms with Gasteiger partial charge in [0.25, 0.3) is 5.91 Å². The summed E-state index contributed by atoms with van der Waals surface area (Å²) in [6, 6.07) is 19.3. The van der Waals surface area contributed by atoms with Gasteiger partial charge in [0.1, 0.15) is 0 Å². The second-order valence-corrected chi connectivity index (χ2v) is 6.76. The molecule has 0 spiro atoms. The summed E-state index contributed by atoms with van der Waals surface area (Å²) in [5.74, 6) is 0.106. The molecule has 5 nitrogen and oxygen atoms in total. The number of carbonyl (C=O) groups is 2. The Bertz CT molecular complexity index is 981. The molecule has 1 fully saturated rings. The molecule has 0 unspecified atom stereocenters. The normalized spacial score (nSPS) is 13.3. The van der Waals surface area contributed by atoms with Gasteiger partial charge in [-0.15, -0.1) is 0 Å². The lowest BCUT2D eigenvalue weighted by atomic mass is 10.0. The smallest absolute Gasteiger partial charge is 0.252 e. The number of hydrogen-bond acceptors (Lipinski definition) is 3. The summed E-state index contributed by atoms with van der Waals surface area (Å²) in [5, 5.41) is 6.58. The van der Waals surface area contributed by atoms with Crippen molar-refractivity contribution in [2.24, 2.45) is 5.92 Å². The van der Waals surface area contributed by atoms with Crippen LogP contribution in [0.3, 0.4) is 0 Å². The van der Waals surface area contributed by atoms with Gasteiger partial charge in [-0.2, -0.15) is 0 Å². The highest BCUT2D eigenvalue weighted by Crippen LogP contribution is 2.28. The maximum Gasteiger partial charge on any atom is 0.252 e. The number of nitrogens with one attached hydrogen (secondary N) is 2. The summed E-state index contributed by atoms with van der Waals surface area (Å²) in [5.41, 5.74) is 3.11. The molecule has 1 heterocycles. The molecule has 1 aliphatic rings. The number of fused-ring (bicyclic) bond motifs is 1. The van der Waals surface area contributed by atoms with Crippen LogP contribution >= 0.6 is 0 Å². The Labute approximate surface area is 157 Å². The number of rotatable bonds is 6. The Balaban J connectivity index is 1.54. The number of pyridine rings is 1. The molecule has 136 valence electrons. The van der Waals surface area contributed by atoms with Crippen LogP contribution in [0.1, 0.15) is 23.2 Å². The van der Waals surface area contributed by atoms with E-state index in [9.17, 15) is 9.59 Å². The largest absolute Gasteiger partial charge is 0.354 e. The predicted octanol–water partition coefficient (Wildman–Crippen LogP) is 3.16. The number of nitrogens with zero attached hydrogens (tertiary/aromatic N) is 1. The fraction of sp³-hybridized carbons (Fsp3) is 0.227. The Morgan fingerprint density at radius 3 is 2.41 bits per heavy atom. The first-order valence-electron chi connectivity index (χ1n) is 9.23. The number of amides is 2. The van der Waals surface area contributed by atoms with Crippen LogP contribution in [0.2, 0.25) is 0 Å². The van der Waals surface area contributed by atoms with Crippen LogP contribution in [0.5, 0.6) is 0 Å². The summed E-state index contributed by atoms with van der Waals surface area (Å²) in [6.45, 7) is 0.838. The highest BCUT2D eigenvalue weighted by molar-refractivity contribution is 6.07. The maximum atomic E-state index is 12.8. The zero-order chi connectivity index (χ0) is 18.6. The van der Waals surface area contributed by atoms with Gasteiger partial charge in [0.15, 0.2) is 0 Å². The van der Waals surface area contributed by atoms with E-state index in [1.807, 2.05) is 60.7 Å². The average molecular weight is 359 g/mol. The van der Waals surface area contributed by atoms with E-state index in [-0.39, 0.29) is 17.7 Å². The van der Waals surface area contributed by atoms with Crippen LogP contribution in [0, 0.1) is 5.92 Å². The molecular formula is C22H21N3O2. The van der Waals surface area contributed by atoms with Gasteiger partial charge in [0, 0.05) is 30.0 Å². The second-order valence-electron chi connectivity index (χ2n) is 6.76. The molecule has 0 aliphatic heterocycles. The molecule has 0 radical (unpaired) electrons. The Morgan fingerprint density at radius 1 is 0.926 bits per heavy atom. The van der Waals surface area contributed by atoms with E-state index in [2.05, 4.69) is 10.6 Å². The van der Waals surface area contributed by atoms with Crippen LogP contribution in [0.4, 0.5) is 0 Å². The summed E-state index contributed by atoms with van der Waals surface area (Å²) < 4.78 is 0. The van der Waals surface area contributed by atoms with Gasteiger partial charge < -0.3 is 10.6 Å². The average Bonchev–Trinajstić information content (AvgIpc) is 3.56. The highest BCUT2D eigenvalue weighted by atomic mass is 16.2. The number of para-hydroxylation sites is 1. The molecule has 2 aromatic carbocycles. The van der Waals surface area contributed by atoms with Crippen molar-refractivity contribution in [2.75, 3.05) is 13.1 Å². The van der Waals surface area contributed by atoms with Crippen molar-refractivity contribution >= 4 is 22.7 Å². The molecule has 3 aromatic rings. The quantitative estimate of drug-likeness (QED) is 0.664. The zero-order valence-corrected chi connectivity index (χ0v) is 14.9. The third kappa shape index (κ3) is 3.97. The van der Waals surface area contributed by atoms with Crippen molar-refractivity contribution in [3.63, 3.8) is 0 Å². The number of benzene rings is 2. The number of aromatic nitrogens is 1. The van der Waals surface area contributed by atoms with Gasteiger partial charge in [-0.25, -0.2) is 4.98 Å². The third-order valence-electron chi connectivity index (χ3n) is 4.69. The second kappa shape index (κ2) is 7.58. The number of hydrogen-bond donors (Lipinski definition) is 2. The molecule has 27 heavy (non-hydrogen) atoms. The molecule has 1 aromatic heterocycles. The number of carbonyl (C=O) groups excluding carboxylic acids is 2. The maximum absolute atomic E-state index is 12.8. The fourth-order valence-electron chi connectivity index (χ4n) is 3.07. The molecule has 0 saturated heterocycles. The van der Waals surface area contributed by atoms with E-state index in [0.717, 1.165) is 35.0 Å². The summed E-state index contributed by atoms with van der Waals surface area (Å²) in [7, 11) is 0. The Kier molecular flexibility index (Phi) is 4.83. The Morgan fingerprint density at radius 2 is 1.63 bits per heavy atom. The van der Waals surface area contributed by atoms with E-state index < -0.39 is 0 Å². The lowest BCUT2D eigenvalue weighted by molar-refractivity contribution is -0.122. The van der Waals surface area contributed by atoms with Crippen molar-refractivity contribution in [3.05, 3.63) is 66.2 Å². The van der Waals surface area contributed by atoms with E-state index in [1.165, 1.54) is 0 Å². The monoisotopic (exact) mass is 359 g/mol. The van der Waals surface area contributed by atoms with Crippen LogP contribution in [-0.2, 0) is 4.79 Å². The van der Waals surface area contributed by atoms with Crippen molar-refractivity contribution in [2.45, 2.75) is 12.8 Å². The van der Waals surface area contributed by atoms with Gasteiger partial charge in [0.05, 0.1) is 16.8 Å². The zero-order valence-electron chi connectivity index (χ0n) is 14.9. The van der Waals surface area contributed by atoms with Crippen LogP contribution in [0.15, 0.2) is 60.7 Å². The SMILES string of the molecule is O=C(NCCNC(=O)C1CC1)c1cc(-c2ccccc2)nc2ccccc12. The van der Waals surface area contributed by atoms with E-state index >= 15 is 0 Å². The van der Waals surface area contributed by atoms with Crippen molar-refractivity contribution in [1.82, 2.24) is 15.6 Å². The molecule has 2 N–H and O–H groups in total. The molecule has 0 bridgehead atoms. The summed E-state index contributed by atoms with van der Waals surface area (Å²) >= 11 is 0. The minimum atomic E-state index is -0.161. The van der Waals surface area contributed by atoms with Crippen molar-refractivity contribution in [1.29, 1.82) is 0 Å². The first-order valence-corrected chi connectivity index (χ1v) is 9.23. The van der Waals surface area contributed by atoms with Crippen LogP contribution in [-0.4, -0.2) is 29.9 Å². The molecular weight excluding hydrogens is 338 g/mol. The van der Waals surface area contributed by atoms with Crippen molar-refractivity contribution < 1.29 is 9.59 Å². The molecule has 2 amide bonds. The molecule has 1 saturated carbocycles. The summed E-state index contributed by atoms with van der Waals surface area (Å²) in [6.07, 6.45) is 1.95. The van der Waals surface area contributed by atoms with Gasteiger partial charge in [-0.3, -0.25) is 9.59 Å². The first-order chi connectivity index (χ1) is 13.2. The fourth-order valence-corrected chi connectivity index (χ4v) is 3.07. The minimum Gasteiger partial charge on any atom is -0.354 e. The van der Waals surface area contributed by atoms with Gasteiger partial charge in [-0.1, -0.05) is 48.5 Å². The van der Waals surface area contributed by atoms with Gasteiger partial charge >= 0.3 is 0 Å². The highest BCUT2D eigenvalue weighted by Gasteiger charge is 2.29. The van der Waals surface area contributed by atoms with E-state index in [0.29, 0.717) is 18.7 Å². The molecule has 0 atom stereocenters. The van der Waals surface area contributed by atoms with E-state index in [1.54, 1.807) is 0 Å². The lowest BCUT2D eigenvalue weighted by Crippen LogP contribution is -2.35. The Hall–Kier alpha value is -3.21. The predicted molar refractivity (Wildman–Crippen MR) is 105 cm³/mol. The van der Waals surface area contributed by atoms with Crippen molar-refractivity contribution in [3.8, 4) is 11.3 Å². The minimum absolute atomic E-state index is 0.0879.